The molecule has 1 aromatic carbocycles. The molecule has 1 saturated heterocycles. The number of aromatic nitrogens is 2. The number of nitrogens with zero attached hydrogens (tertiary/aromatic N) is 3. The zero-order valence-electron chi connectivity index (χ0n) is 10.3. The minimum atomic E-state index is -0.864. The van der Waals surface area contributed by atoms with Gasteiger partial charge in [-0.1, -0.05) is 12.1 Å². The number of hydrogen-bond donors (Lipinski definition) is 2. The summed E-state index contributed by atoms with van der Waals surface area (Å²) in [6.45, 7) is 1.06. The highest BCUT2D eigenvalue weighted by molar-refractivity contribution is 5.88. The van der Waals surface area contributed by atoms with Gasteiger partial charge < -0.3 is 15.3 Å². The van der Waals surface area contributed by atoms with Gasteiger partial charge in [0.1, 0.15) is 12.1 Å². The topological polar surface area (TPSA) is 78.4 Å². The largest absolute Gasteiger partial charge is 0.465 e. The monoisotopic (exact) mass is 258 g/mol. The summed E-state index contributed by atoms with van der Waals surface area (Å²) in [6.07, 6.45) is 1.45. The minimum Gasteiger partial charge on any atom is -0.465 e. The van der Waals surface area contributed by atoms with Crippen molar-refractivity contribution in [3.63, 3.8) is 0 Å². The molecular weight excluding hydrogens is 244 g/mol. The highest BCUT2D eigenvalue weighted by Gasteiger charge is 2.26. The number of carboxylic acid groups (broad SMARTS) is 1. The summed E-state index contributed by atoms with van der Waals surface area (Å²) in [5.41, 5.74) is 0.882. The normalized spacial score (nSPS) is 18.7. The number of para-hydroxylation sites is 1. The van der Waals surface area contributed by atoms with E-state index in [0.29, 0.717) is 13.1 Å². The predicted molar refractivity (Wildman–Crippen MR) is 71.2 cm³/mol. The summed E-state index contributed by atoms with van der Waals surface area (Å²) in [6, 6.07) is 7.87. The van der Waals surface area contributed by atoms with Crippen molar-refractivity contribution in [3.8, 4) is 0 Å². The van der Waals surface area contributed by atoms with Gasteiger partial charge in [-0.25, -0.2) is 14.8 Å². The summed E-state index contributed by atoms with van der Waals surface area (Å²) >= 11 is 0. The molecule has 0 saturated carbocycles. The van der Waals surface area contributed by atoms with Crippen molar-refractivity contribution in [2.45, 2.75) is 12.5 Å². The fraction of sp³-hybridized carbons (Fsp3) is 0.308. The van der Waals surface area contributed by atoms with Gasteiger partial charge in [0.25, 0.3) is 0 Å². The molecule has 2 heterocycles. The van der Waals surface area contributed by atoms with E-state index in [1.165, 1.54) is 11.2 Å². The van der Waals surface area contributed by atoms with Gasteiger partial charge in [0.15, 0.2) is 0 Å². The molecule has 98 valence electrons. The smallest absolute Gasteiger partial charge is 0.407 e. The van der Waals surface area contributed by atoms with Crippen LogP contribution >= 0.6 is 0 Å². The molecule has 1 aliphatic heterocycles. The summed E-state index contributed by atoms with van der Waals surface area (Å²) in [7, 11) is 0. The van der Waals surface area contributed by atoms with E-state index in [0.717, 1.165) is 23.1 Å². The number of hydrogen-bond acceptors (Lipinski definition) is 4. The zero-order valence-corrected chi connectivity index (χ0v) is 10.3. The lowest BCUT2D eigenvalue weighted by molar-refractivity contribution is 0.155. The van der Waals surface area contributed by atoms with E-state index < -0.39 is 6.09 Å². The lowest BCUT2D eigenvalue weighted by atomic mass is 10.2. The van der Waals surface area contributed by atoms with Gasteiger partial charge in [-0.05, 0) is 18.6 Å². The molecule has 1 aromatic heterocycles. The average molecular weight is 258 g/mol. The molecule has 1 unspecified atom stereocenters. The van der Waals surface area contributed by atoms with Crippen molar-refractivity contribution in [1.29, 1.82) is 0 Å². The predicted octanol–water partition coefficient (Wildman–Crippen LogP) is 1.79. The number of fused-ring (bicyclic) bond motifs is 1. The summed E-state index contributed by atoms with van der Waals surface area (Å²) < 4.78 is 0. The molecule has 2 N–H and O–H groups in total. The molecule has 6 heteroatoms. The number of likely N-dealkylation sites (tertiary alicyclic amines) is 1. The number of carbonyl (C=O) groups is 1. The molecule has 3 rings (SSSR count). The Labute approximate surface area is 110 Å². The second kappa shape index (κ2) is 4.72. The van der Waals surface area contributed by atoms with Crippen molar-refractivity contribution in [1.82, 2.24) is 14.9 Å². The molecule has 1 amide bonds. The van der Waals surface area contributed by atoms with E-state index in [1.54, 1.807) is 0 Å². The van der Waals surface area contributed by atoms with Gasteiger partial charge in [-0.15, -0.1) is 0 Å². The molecule has 2 aromatic rings. The third kappa shape index (κ3) is 2.29. The van der Waals surface area contributed by atoms with Crippen LogP contribution in [0.2, 0.25) is 0 Å². The summed E-state index contributed by atoms with van der Waals surface area (Å²) in [5.74, 6) is 0.767. The van der Waals surface area contributed by atoms with Crippen LogP contribution < -0.4 is 5.32 Å². The van der Waals surface area contributed by atoms with Crippen molar-refractivity contribution in [2.75, 3.05) is 18.4 Å². The maximum Gasteiger partial charge on any atom is 0.407 e. The Kier molecular flexibility index (Phi) is 2.91. The van der Waals surface area contributed by atoms with Gasteiger partial charge in [-0.2, -0.15) is 0 Å². The second-order valence-corrected chi connectivity index (χ2v) is 4.60. The van der Waals surface area contributed by atoms with Gasteiger partial charge in [0, 0.05) is 24.5 Å². The first-order chi connectivity index (χ1) is 9.24. The van der Waals surface area contributed by atoms with Crippen molar-refractivity contribution >= 4 is 22.8 Å². The number of amides is 1. The first-order valence-corrected chi connectivity index (χ1v) is 6.18. The Balaban J connectivity index is 1.81. The Bertz CT molecular complexity index is 611. The molecule has 0 spiro atoms. The molecule has 1 aliphatic rings. The average Bonchev–Trinajstić information content (AvgIpc) is 2.88. The van der Waals surface area contributed by atoms with Gasteiger partial charge in [-0.3, -0.25) is 0 Å². The first kappa shape index (κ1) is 11.7. The van der Waals surface area contributed by atoms with Crippen molar-refractivity contribution < 1.29 is 9.90 Å². The van der Waals surface area contributed by atoms with E-state index in [-0.39, 0.29) is 6.04 Å². The van der Waals surface area contributed by atoms with Crippen LogP contribution in [-0.4, -0.2) is 45.2 Å². The summed E-state index contributed by atoms with van der Waals surface area (Å²) in [4.78, 5) is 20.8. The SMILES string of the molecule is O=C(O)N1CCC(Nc2ncnc3ccccc23)C1. The number of benzene rings is 1. The van der Waals surface area contributed by atoms with Crippen molar-refractivity contribution in [3.05, 3.63) is 30.6 Å². The van der Waals surface area contributed by atoms with E-state index in [9.17, 15) is 4.79 Å². The lowest BCUT2D eigenvalue weighted by Gasteiger charge is -2.15. The second-order valence-electron chi connectivity index (χ2n) is 4.60. The lowest BCUT2D eigenvalue weighted by Crippen LogP contribution is -2.30. The van der Waals surface area contributed by atoms with E-state index in [1.807, 2.05) is 24.3 Å². The van der Waals surface area contributed by atoms with Crippen LogP contribution in [0.4, 0.5) is 10.6 Å². The maximum atomic E-state index is 10.9. The van der Waals surface area contributed by atoms with E-state index in [2.05, 4.69) is 15.3 Å². The maximum absolute atomic E-state index is 10.9. The quantitative estimate of drug-likeness (QED) is 0.858. The van der Waals surface area contributed by atoms with Crippen LogP contribution in [0.1, 0.15) is 6.42 Å². The van der Waals surface area contributed by atoms with Crippen molar-refractivity contribution in [2.24, 2.45) is 0 Å². The minimum absolute atomic E-state index is 0.106. The third-order valence-electron chi connectivity index (χ3n) is 3.34. The molecule has 6 nitrogen and oxygen atoms in total. The van der Waals surface area contributed by atoms with Crippen LogP contribution in [0, 0.1) is 0 Å². The Morgan fingerprint density at radius 3 is 3.00 bits per heavy atom. The van der Waals surface area contributed by atoms with Crippen LogP contribution in [0.5, 0.6) is 0 Å². The molecule has 0 radical (unpaired) electrons. The fourth-order valence-corrected chi connectivity index (χ4v) is 2.37. The fourth-order valence-electron chi connectivity index (χ4n) is 2.37. The van der Waals surface area contributed by atoms with E-state index >= 15 is 0 Å². The van der Waals surface area contributed by atoms with Crippen LogP contribution in [-0.2, 0) is 0 Å². The highest BCUT2D eigenvalue weighted by Crippen LogP contribution is 2.21. The molecule has 1 fully saturated rings. The number of anilines is 1. The molecule has 0 aliphatic carbocycles. The molecular formula is C13H14N4O2. The van der Waals surface area contributed by atoms with E-state index in [4.69, 9.17) is 5.11 Å². The number of nitrogens with one attached hydrogen (secondary N) is 1. The third-order valence-corrected chi connectivity index (χ3v) is 3.34. The van der Waals surface area contributed by atoms with Crippen LogP contribution in [0.3, 0.4) is 0 Å². The number of rotatable bonds is 2. The molecule has 19 heavy (non-hydrogen) atoms. The van der Waals surface area contributed by atoms with Crippen LogP contribution in [0.25, 0.3) is 10.9 Å². The van der Waals surface area contributed by atoms with Gasteiger partial charge >= 0.3 is 6.09 Å². The zero-order chi connectivity index (χ0) is 13.2. The van der Waals surface area contributed by atoms with Gasteiger partial charge in [0.05, 0.1) is 5.52 Å². The Hall–Kier alpha value is -2.37. The summed E-state index contributed by atoms with van der Waals surface area (Å²) in [5, 5.41) is 13.2. The van der Waals surface area contributed by atoms with Crippen LogP contribution in [0.15, 0.2) is 30.6 Å². The Morgan fingerprint density at radius 2 is 2.21 bits per heavy atom. The molecule has 1 atom stereocenters. The standard InChI is InChI=1S/C13H14N4O2/c18-13(19)17-6-5-9(7-17)16-12-10-3-1-2-4-11(10)14-8-15-12/h1-4,8-9H,5-7H2,(H,18,19)(H,14,15,16). The van der Waals surface area contributed by atoms with Gasteiger partial charge in [0.2, 0.25) is 0 Å². The Morgan fingerprint density at radius 1 is 1.37 bits per heavy atom. The highest BCUT2D eigenvalue weighted by atomic mass is 16.4. The first-order valence-electron chi connectivity index (χ1n) is 6.18. The molecule has 0 bridgehead atoms.